The highest BCUT2D eigenvalue weighted by molar-refractivity contribution is 5.87. The standard InChI is InChI=1S/C15H19N3O2/c1-10-14(11(2)18(3)17-10)9-16-8-12-5-4-6-13(7-12)15(19)20/h4-7,16H,8-9H2,1-3H3,(H,19,20). The Hall–Kier alpha value is -2.14. The van der Waals surface area contributed by atoms with Crippen molar-refractivity contribution in [2.45, 2.75) is 26.9 Å². The van der Waals surface area contributed by atoms with Gasteiger partial charge in [-0.2, -0.15) is 5.10 Å². The van der Waals surface area contributed by atoms with Gasteiger partial charge in [-0.1, -0.05) is 12.1 Å². The van der Waals surface area contributed by atoms with Crippen LogP contribution in [-0.2, 0) is 20.1 Å². The van der Waals surface area contributed by atoms with Crippen molar-refractivity contribution >= 4 is 5.97 Å². The maximum atomic E-state index is 10.9. The number of nitrogens with one attached hydrogen (secondary N) is 1. The summed E-state index contributed by atoms with van der Waals surface area (Å²) in [4.78, 5) is 10.9. The number of aromatic nitrogens is 2. The van der Waals surface area contributed by atoms with E-state index < -0.39 is 5.97 Å². The topological polar surface area (TPSA) is 67.2 Å². The van der Waals surface area contributed by atoms with E-state index in [9.17, 15) is 4.79 Å². The smallest absolute Gasteiger partial charge is 0.335 e. The molecule has 0 amide bonds. The lowest BCUT2D eigenvalue weighted by Crippen LogP contribution is -2.14. The van der Waals surface area contributed by atoms with Crippen molar-refractivity contribution in [1.82, 2.24) is 15.1 Å². The van der Waals surface area contributed by atoms with E-state index in [0.717, 1.165) is 23.5 Å². The summed E-state index contributed by atoms with van der Waals surface area (Å²) in [6.45, 7) is 5.40. The number of aromatic carboxylic acids is 1. The molecule has 0 aliphatic heterocycles. The molecule has 0 atom stereocenters. The second-order valence-corrected chi connectivity index (χ2v) is 4.88. The van der Waals surface area contributed by atoms with Gasteiger partial charge in [-0.05, 0) is 31.5 Å². The minimum atomic E-state index is -0.897. The fraction of sp³-hybridized carbons (Fsp3) is 0.333. The number of aryl methyl sites for hydroxylation is 2. The summed E-state index contributed by atoms with van der Waals surface area (Å²) in [5.74, 6) is -0.897. The van der Waals surface area contributed by atoms with Crippen LogP contribution in [-0.4, -0.2) is 20.9 Å². The molecule has 106 valence electrons. The second-order valence-electron chi connectivity index (χ2n) is 4.88. The van der Waals surface area contributed by atoms with E-state index in [-0.39, 0.29) is 0 Å². The summed E-state index contributed by atoms with van der Waals surface area (Å²) in [5, 5.41) is 16.7. The molecule has 5 heteroatoms. The van der Waals surface area contributed by atoms with Gasteiger partial charge in [0.1, 0.15) is 0 Å². The fourth-order valence-electron chi connectivity index (χ4n) is 2.22. The van der Waals surface area contributed by atoms with Gasteiger partial charge in [-0.3, -0.25) is 4.68 Å². The summed E-state index contributed by atoms with van der Waals surface area (Å²) in [5.41, 5.74) is 4.65. The van der Waals surface area contributed by atoms with Crippen molar-refractivity contribution < 1.29 is 9.90 Å². The largest absolute Gasteiger partial charge is 0.478 e. The molecule has 1 aromatic heterocycles. The molecular weight excluding hydrogens is 254 g/mol. The number of hydrogen-bond acceptors (Lipinski definition) is 3. The van der Waals surface area contributed by atoms with E-state index in [1.807, 2.05) is 31.6 Å². The highest BCUT2D eigenvalue weighted by atomic mass is 16.4. The summed E-state index contributed by atoms with van der Waals surface area (Å²) in [6.07, 6.45) is 0. The molecule has 0 unspecified atom stereocenters. The fourth-order valence-corrected chi connectivity index (χ4v) is 2.22. The predicted molar refractivity (Wildman–Crippen MR) is 76.6 cm³/mol. The van der Waals surface area contributed by atoms with Gasteiger partial charge in [0.2, 0.25) is 0 Å². The molecule has 5 nitrogen and oxygen atoms in total. The van der Waals surface area contributed by atoms with Crippen LogP contribution < -0.4 is 5.32 Å². The first-order valence-electron chi connectivity index (χ1n) is 6.51. The zero-order valence-electron chi connectivity index (χ0n) is 12.0. The average molecular weight is 273 g/mol. The Morgan fingerprint density at radius 3 is 2.70 bits per heavy atom. The maximum absolute atomic E-state index is 10.9. The molecule has 0 aliphatic rings. The highest BCUT2D eigenvalue weighted by Crippen LogP contribution is 2.12. The van der Waals surface area contributed by atoms with Crippen molar-refractivity contribution in [2.24, 2.45) is 7.05 Å². The Morgan fingerprint density at radius 2 is 2.10 bits per heavy atom. The molecule has 1 aromatic carbocycles. The third-order valence-electron chi connectivity index (χ3n) is 3.46. The quantitative estimate of drug-likeness (QED) is 0.874. The number of rotatable bonds is 5. The second kappa shape index (κ2) is 5.88. The van der Waals surface area contributed by atoms with Gasteiger partial charge in [0, 0.05) is 31.4 Å². The summed E-state index contributed by atoms with van der Waals surface area (Å²) in [6, 6.07) is 6.98. The predicted octanol–water partition coefficient (Wildman–Crippen LogP) is 2.02. The Kier molecular flexibility index (Phi) is 4.20. The molecule has 0 spiro atoms. The molecule has 0 aliphatic carbocycles. The molecule has 0 saturated heterocycles. The van der Waals surface area contributed by atoms with Crippen LogP contribution in [0.3, 0.4) is 0 Å². The molecule has 20 heavy (non-hydrogen) atoms. The molecule has 2 aromatic rings. The Bertz CT molecular complexity index is 632. The van der Waals surface area contributed by atoms with Gasteiger partial charge in [0.05, 0.1) is 11.3 Å². The van der Waals surface area contributed by atoms with Gasteiger partial charge in [-0.25, -0.2) is 4.79 Å². The van der Waals surface area contributed by atoms with Crippen LogP contribution in [0.25, 0.3) is 0 Å². The lowest BCUT2D eigenvalue weighted by atomic mass is 10.1. The summed E-state index contributed by atoms with van der Waals surface area (Å²) >= 11 is 0. The average Bonchev–Trinajstić information content (AvgIpc) is 2.65. The van der Waals surface area contributed by atoms with Gasteiger partial charge in [0.15, 0.2) is 0 Å². The first-order valence-corrected chi connectivity index (χ1v) is 6.51. The SMILES string of the molecule is Cc1nn(C)c(C)c1CNCc1cccc(C(=O)O)c1. The van der Waals surface area contributed by atoms with Gasteiger partial charge >= 0.3 is 5.97 Å². The van der Waals surface area contributed by atoms with Crippen LogP contribution in [0.5, 0.6) is 0 Å². The maximum Gasteiger partial charge on any atom is 0.335 e. The lowest BCUT2D eigenvalue weighted by Gasteiger charge is -2.06. The molecule has 0 radical (unpaired) electrons. The van der Waals surface area contributed by atoms with Crippen LogP contribution in [0, 0.1) is 13.8 Å². The van der Waals surface area contributed by atoms with E-state index in [4.69, 9.17) is 5.11 Å². The number of carboxylic acid groups (broad SMARTS) is 1. The normalized spacial score (nSPS) is 10.8. The van der Waals surface area contributed by atoms with E-state index in [2.05, 4.69) is 10.4 Å². The Labute approximate surface area is 118 Å². The van der Waals surface area contributed by atoms with Crippen molar-refractivity contribution in [2.75, 3.05) is 0 Å². The zero-order chi connectivity index (χ0) is 14.7. The van der Waals surface area contributed by atoms with Crippen LogP contribution in [0.2, 0.25) is 0 Å². The van der Waals surface area contributed by atoms with Crippen LogP contribution in [0.1, 0.15) is 32.9 Å². The van der Waals surface area contributed by atoms with Crippen molar-refractivity contribution in [3.8, 4) is 0 Å². The molecule has 0 bridgehead atoms. The number of carboxylic acids is 1. The molecular formula is C15H19N3O2. The van der Waals surface area contributed by atoms with Crippen LogP contribution in [0.4, 0.5) is 0 Å². The highest BCUT2D eigenvalue weighted by Gasteiger charge is 2.08. The van der Waals surface area contributed by atoms with E-state index >= 15 is 0 Å². The molecule has 0 fully saturated rings. The molecule has 1 heterocycles. The van der Waals surface area contributed by atoms with E-state index in [0.29, 0.717) is 12.1 Å². The Balaban J connectivity index is 1.99. The van der Waals surface area contributed by atoms with Crippen molar-refractivity contribution in [3.63, 3.8) is 0 Å². The first-order chi connectivity index (χ1) is 9.49. The van der Waals surface area contributed by atoms with Crippen molar-refractivity contribution in [1.29, 1.82) is 0 Å². The number of carbonyl (C=O) groups is 1. The lowest BCUT2D eigenvalue weighted by molar-refractivity contribution is 0.0696. The van der Waals surface area contributed by atoms with Crippen LogP contribution in [0.15, 0.2) is 24.3 Å². The van der Waals surface area contributed by atoms with E-state index in [1.165, 1.54) is 5.56 Å². The molecule has 0 saturated carbocycles. The molecule has 2 rings (SSSR count). The third kappa shape index (κ3) is 3.05. The number of hydrogen-bond donors (Lipinski definition) is 2. The summed E-state index contributed by atoms with van der Waals surface area (Å²) < 4.78 is 1.87. The van der Waals surface area contributed by atoms with Gasteiger partial charge in [-0.15, -0.1) is 0 Å². The van der Waals surface area contributed by atoms with Gasteiger partial charge < -0.3 is 10.4 Å². The minimum absolute atomic E-state index is 0.318. The van der Waals surface area contributed by atoms with Crippen molar-refractivity contribution in [3.05, 3.63) is 52.3 Å². The zero-order valence-corrected chi connectivity index (χ0v) is 12.0. The van der Waals surface area contributed by atoms with Gasteiger partial charge in [0.25, 0.3) is 0 Å². The number of benzene rings is 1. The summed E-state index contributed by atoms with van der Waals surface area (Å²) in [7, 11) is 1.93. The third-order valence-corrected chi connectivity index (χ3v) is 3.46. The number of nitrogens with zero attached hydrogens (tertiary/aromatic N) is 2. The minimum Gasteiger partial charge on any atom is -0.478 e. The van der Waals surface area contributed by atoms with Crippen LogP contribution >= 0.6 is 0 Å². The molecule has 2 N–H and O–H groups in total. The van der Waals surface area contributed by atoms with E-state index in [1.54, 1.807) is 18.2 Å². The monoisotopic (exact) mass is 273 g/mol. The first kappa shape index (κ1) is 14.3. The Morgan fingerprint density at radius 1 is 1.35 bits per heavy atom.